The number of halogens is 1. The molecule has 74 valence electrons. The van der Waals surface area contributed by atoms with Crippen LogP contribution in [0.25, 0.3) is 0 Å². The predicted octanol–water partition coefficient (Wildman–Crippen LogP) is 1.93. The summed E-state index contributed by atoms with van der Waals surface area (Å²) in [4.78, 5) is 11.7. The van der Waals surface area contributed by atoms with Crippen LogP contribution in [0.15, 0.2) is 18.2 Å². The van der Waals surface area contributed by atoms with E-state index in [0.29, 0.717) is 16.3 Å². The Kier molecular flexibility index (Phi) is 2.44. The van der Waals surface area contributed by atoms with Gasteiger partial charge in [-0.15, -0.1) is 0 Å². The van der Waals surface area contributed by atoms with Crippen molar-refractivity contribution in [3.63, 3.8) is 0 Å². The Hall–Kier alpha value is -1.06. The van der Waals surface area contributed by atoms with Gasteiger partial charge in [0.25, 0.3) is 0 Å². The maximum absolute atomic E-state index is 11.7. The summed E-state index contributed by atoms with van der Waals surface area (Å²) in [6, 6.07) is 5.11. The number of Topliss-reactive ketones (excluding diaryl/α,β-unsaturated/α-hetero) is 1. The summed E-state index contributed by atoms with van der Waals surface area (Å²) in [5, 5.41) is 0.463. The first kappa shape index (κ1) is 9.49. The highest BCUT2D eigenvalue weighted by Gasteiger charge is 2.29. The van der Waals surface area contributed by atoms with Crippen molar-refractivity contribution in [3.05, 3.63) is 28.8 Å². The number of benzene rings is 1. The molecule has 3 nitrogen and oxygen atoms in total. The Morgan fingerprint density at radius 3 is 3.07 bits per heavy atom. The Morgan fingerprint density at radius 1 is 1.57 bits per heavy atom. The van der Waals surface area contributed by atoms with Gasteiger partial charge >= 0.3 is 0 Å². The van der Waals surface area contributed by atoms with E-state index in [1.165, 1.54) is 7.11 Å². The molecule has 0 amide bonds. The van der Waals surface area contributed by atoms with E-state index in [9.17, 15) is 4.79 Å². The van der Waals surface area contributed by atoms with Crippen LogP contribution in [0.5, 0.6) is 5.75 Å². The number of carbonyl (C=O) groups is 1. The second-order valence-electron chi connectivity index (χ2n) is 3.02. The van der Waals surface area contributed by atoms with Crippen molar-refractivity contribution in [2.75, 3.05) is 13.7 Å². The standard InChI is InChI=1S/C10H9ClO3/c1-13-8-5-14-10-6(9(8)12)3-2-4-7(10)11/h2-4,8H,5H2,1H3. The van der Waals surface area contributed by atoms with Crippen molar-refractivity contribution in [2.24, 2.45) is 0 Å². The summed E-state index contributed by atoms with van der Waals surface area (Å²) < 4.78 is 10.3. The minimum absolute atomic E-state index is 0.0729. The van der Waals surface area contributed by atoms with E-state index in [-0.39, 0.29) is 12.4 Å². The van der Waals surface area contributed by atoms with Crippen molar-refractivity contribution in [1.82, 2.24) is 0 Å². The number of fused-ring (bicyclic) bond motifs is 1. The molecule has 1 heterocycles. The van der Waals surface area contributed by atoms with Crippen molar-refractivity contribution in [1.29, 1.82) is 0 Å². The van der Waals surface area contributed by atoms with Crippen LogP contribution in [0.4, 0.5) is 0 Å². The number of rotatable bonds is 1. The molecule has 0 fully saturated rings. The second-order valence-corrected chi connectivity index (χ2v) is 3.42. The second kappa shape index (κ2) is 3.59. The SMILES string of the molecule is COC1COc2c(Cl)cccc2C1=O. The molecule has 1 aliphatic rings. The third kappa shape index (κ3) is 1.38. The van der Waals surface area contributed by atoms with Gasteiger partial charge in [0.15, 0.2) is 11.9 Å². The fourth-order valence-corrected chi connectivity index (χ4v) is 1.66. The summed E-state index contributed by atoms with van der Waals surface area (Å²) in [7, 11) is 1.49. The molecule has 0 saturated heterocycles. The zero-order valence-electron chi connectivity index (χ0n) is 7.62. The Morgan fingerprint density at radius 2 is 2.36 bits per heavy atom. The smallest absolute Gasteiger partial charge is 0.198 e. The minimum Gasteiger partial charge on any atom is -0.488 e. The van der Waals surface area contributed by atoms with Gasteiger partial charge in [-0.25, -0.2) is 0 Å². The van der Waals surface area contributed by atoms with Gasteiger partial charge in [-0.1, -0.05) is 17.7 Å². The highest BCUT2D eigenvalue weighted by atomic mass is 35.5. The number of carbonyl (C=O) groups excluding carboxylic acids is 1. The normalized spacial score (nSPS) is 20.1. The number of hydrogen-bond acceptors (Lipinski definition) is 3. The highest BCUT2D eigenvalue weighted by molar-refractivity contribution is 6.32. The van der Waals surface area contributed by atoms with E-state index in [0.717, 1.165) is 0 Å². The first-order chi connectivity index (χ1) is 6.74. The van der Waals surface area contributed by atoms with Crippen LogP contribution in [0.3, 0.4) is 0 Å². The maximum Gasteiger partial charge on any atom is 0.198 e. The highest BCUT2D eigenvalue weighted by Crippen LogP contribution is 2.32. The van der Waals surface area contributed by atoms with Gasteiger partial charge in [-0.2, -0.15) is 0 Å². The molecule has 0 spiro atoms. The van der Waals surface area contributed by atoms with E-state index in [4.69, 9.17) is 21.1 Å². The third-order valence-corrected chi connectivity index (χ3v) is 2.49. The number of ketones is 1. The molecule has 1 aromatic rings. The van der Waals surface area contributed by atoms with Gasteiger partial charge in [-0.05, 0) is 12.1 Å². The fraction of sp³-hybridized carbons (Fsp3) is 0.300. The molecule has 1 unspecified atom stereocenters. The molecule has 0 aliphatic carbocycles. The van der Waals surface area contributed by atoms with Gasteiger partial charge in [0, 0.05) is 7.11 Å². The van der Waals surface area contributed by atoms with Crippen LogP contribution in [0.2, 0.25) is 5.02 Å². The molecule has 0 radical (unpaired) electrons. The Balaban J connectivity index is 2.46. The van der Waals surface area contributed by atoms with Gasteiger partial charge in [0.1, 0.15) is 12.4 Å². The average molecular weight is 213 g/mol. The topological polar surface area (TPSA) is 35.5 Å². The molecule has 1 aliphatic heterocycles. The Labute approximate surface area is 86.6 Å². The molecule has 0 N–H and O–H groups in total. The van der Waals surface area contributed by atoms with Crippen LogP contribution in [0, 0.1) is 0 Å². The van der Waals surface area contributed by atoms with Crippen molar-refractivity contribution >= 4 is 17.4 Å². The molecule has 14 heavy (non-hydrogen) atoms. The molecule has 4 heteroatoms. The number of para-hydroxylation sites is 1. The van der Waals surface area contributed by atoms with Crippen LogP contribution < -0.4 is 4.74 Å². The number of ether oxygens (including phenoxy) is 2. The molecule has 1 atom stereocenters. The summed E-state index contributed by atoms with van der Waals surface area (Å²) in [6.07, 6.45) is -0.513. The van der Waals surface area contributed by atoms with Crippen LogP contribution >= 0.6 is 11.6 Å². The number of hydrogen-bond donors (Lipinski definition) is 0. The van der Waals surface area contributed by atoms with Crippen LogP contribution in [0.1, 0.15) is 10.4 Å². The van der Waals surface area contributed by atoms with E-state index in [2.05, 4.69) is 0 Å². The maximum atomic E-state index is 11.7. The Bertz CT molecular complexity index is 376. The molecule has 0 saturated carbocycles. The van der Waals surface area contributed by atoms with Gasteiger partial charge < -0.3 is 9.47 Å². The summed E-state index contributed by atoms with van der Waals surface area (Å²) >= 11 is 5.88. The lowest BCUT2D eigenvalue weighted by atomic mass is 10.0. The fourth-order valence-electron chi connectivity index (χ4n) is 1.43. The zero-order chi connectivity index (χ0) is 10.1. The van der Waals surface area contributed by atoms with Gasteiger partial charge in [0.2, 0.25) is 0 Å². The minimum atomic E-state index is -0.513. The lowest BCUT2D eigenvalue weighted by Crippen LogP contribution is -2.34. The van der Waals surface area contributed by atoms with Gasteiger partial charge in [0.05, 0.1) is 10.6 Å². The van der Waals surface area contributed by atoms with E-state index >= 15 is 0 Å². The monoisotopic (exact) mass is 212 g/mol. The lowest BCUT2D eigenvalue weighted by Gasteiger charge is -2.23. The molecular formula is C10H9ClO3. The third-order valence-electron chi connectivity index (χ3n) is 2.19. The van der Waals surface area contributed by atoms with Crippen molar-refractivity contribution in [2.45, 2.75) is 6.10 Å². The summed E-state index contributed by atoms with van der Waals surface area (Å²) in [5.74, 6) is 0.392. The summed E-state index contributed by atoms with van der Waals surface area (Å²) in [6.45, 7) is 0.228. The van der Waals surface area contributed by atoms with Crippen molar-refractivity contribution < 1.29 is 14.3 Å². The molecule has 2 rings (SSSR count). The van der Waals surface area contributed by atoms with Gasteiger partial charge in [-0.3, -0.25) is 4.79 Å². The van der Waals surface area contributed by atoms with E-state index in [1.807, 2.05) is 0 Å². The quantitative estimate of drug-likeness (QED) is 0.714. The van der Waals surface area contributed by atoms with Crippen molar-refractivity contribution in [3.8, 4) is 5.75 Å². The first-order valence-corrected chi connectivity index (χ1v) is 4.60. The van der Waals surface area contributed by atoms with Crippen LogP contribution in [-0.4, -0.2) is 25.6 Å². The lowest BCUT2D eigenvalue weighted by molar-refractivity contribution is 0.0368. The molecule has 1 aromatic carbocycles. The molecule has 0 aromatic heterocycles. The average Bonchev–Trinajstić information content (AvgIpc) is 2.20. The predicted molar refractivity (Wildman–Crippen MR) is 52.1 cm³/mol. The zero-order valence-corrected chi connectivity index (χ0v) is 8.38. The molecule has 0 bridgehead atoms. The molecular weight excluding hydrogens is 204 g/mol. The van der Waals surface area contributed by atoms with Crippen LogP contribution in [-0.2, 0) is 4.74 Å². The summed E-state index contributed by atoms with van der Waals surface area (Å²) in [5.41, 5.74) is 0.496. The van der Waals surface area contributed by atoms with E-state index < -0.39 is 6.10 Å². The van der Waals surface area contributed by atoms with E-state index in [1.54, 1.807) is 18.2 Å². The first-order valence-electron chi connectivity index (χ1n) is 4.22. The largest absolute Gasteiger partial charge is 0.488 e. The number of methoxy groups -OCH3 is 1.